The molecule has 100 valence electrons. The molecule has 1 heterocycles. The highest BCUT2D eigenvalue weighted by Gasteiger charge is 2.17. The normalized spacial score (nSPS) is 15.1. The van der Waals surface area contributed by atoms with Gasteiger partial charge < -0.3 is 0 Å². The lowest BCUT2D eigenvalue weighted by atomic mass is 10.1. The van der Waals surface area contributed by atoms with Gasteiger partial charge in [0, 0.05) is 11.3 Å². The smallest absolute Gasteiger partial charge is 0.274 e. The molecule has 0 radical (unpaired) electrons. The summed E-state index contributed by atoms with van der Waals surface area (Å²) >= 11 is 0. The van der Waals surface area contributed by atoms with Crippen LogP contribution >= 0.6 is 0 Å². The summed E-state index contributed by atoms with van der Waals surface area (Å²) in [5, 5.41) is 3.20. The summed E-state index contributed by atoms with van der Waals surface area (Å²) in [6, 6.07) is 4.50. The summed E-state index contributed by atoms with van der Waals surface area (Å²) in [5.74, 6) is -0.276. The first-order valence-electron chi connectivity index (χ1n) is 6.76. The van der Waals surface area contributed by atoms with Gasteiger partial charge in [-0.2, -0.15) is 0 Å². The number of aromatic nitrogens is 2. The standard InChI is InChI=1S/C15H17FN2O/c1-10-9-11(16)7-8-14(10)18-15(19)12-5-3-2-4-6-13(12)17-18/h7-9,17H,2-6H2,1H3. The molecule has 3 rings (SSSR count). The van der Waals surface area contributed by atoms with E-state index in [9.17, 15) is 9.18 Å². The first-order chi connectivity index (χ1) is 9.16. The van der Waals surface area contributed by atoms with Gasteiger partial charge in [-0.3, -0.25) is 9.89 Å². The Balaban J connectivity index is 2.13. The molecule has 3 nitrogen and oxygen atoms in total. The van der Waals surface area contributed by atoms with Crippen molar-refractivity contribution in [1.29, 1.82) is 0 Å². The molecule has 0 atom stereocenters. The number of hydrogen-bond acceptors (Lipinski definition) is 1. The lowest BCUT2D eigenvalue weighted by Gasteiger charge is -2.06. The molecule has 0 saturated heterocycles. The molecule has 1 N–H and O–H groups in total. The van der Waals surface area contributed by atoms with Crippen LogP contribution in [0.5, 0.6) is 0 Å². The maximum absolute atomic E-state index is 13.1. The Morgan fingerprint density at radius 2 is 2.00 bits per heavy atom. The molecule has 1 aliphatic rings. The molecule has 0 saturated carbocycles. The van der Waals surface area contributed by atoms with E-state index in [4.69, 9.17) is 0 Å². The first kappa shape index (κ1) is 12.2. The fourth-order valence-corrected chi connectivity index (χ4v) is 2.80. The number of rotatable bonds is 1. The Morgan fingerprint density at radius 1 is 1.21 bits per heavy atom. The van der Waals surface area contributed by atoms with Crippen molar-refractivity contribution >= 4 is 0 Å². The van der Waals surface area contributed by atoms with E-state index in [1.54, 1.807) is 10.7 Å². The van der Waals surface area contributed by atoms with Crippen LogP contribution in [-0.4, -0.2) is 9.78 Å². The quantitative estimate of drug-likeness (QED) is 0.787. The Labute approximate surface area is 111 Å². The van der Waals surface area contributed by atoms with Crippen molar-refractivity contribution in [2.75, 3.05) is 0 Å². The molecule has 4 heteroatoms. The van der Waals surface area contributed by atoms with Crippen LogP contribution in [0, 0.1) is 12.7 Å². The van der Waals surface area contributed by atoms with Crippen molar-refractivity contribution in [2.45, 2.75) is 39.0 Å². The lowest BCUT2D eigenvalue weighted by molar-refractivity contribution is 0.625. The van der Waals surface area contributed by atoms with Crippen LogP contribution in [0.25, 0.3) is 5.69 Å². The summed E-state index contributed by atoms with van der Waals surface area (Å²) in [5.41, 5.74) is 3.47. The average Bonchev–Trinajstić information content (AvgIpc) is 2.57. The highest BCUT2D eigenvalue weighted by atomic mass is 19.1. The second-order valence-electron chi connectivity index (χ2n) is 5.20. The number of aryl methyl sites for hydroxylation is 2. The molecule has 0 unspecified atom stereocenters. The summed E-state index contributed by atoms with van der Waals surface area (Å²) in [6.07, 6.45) is 5.14. The van der Waals surface area contributed by atoms with Crippen LogP contribution in [0.2, 0.25) is 0 Å². The van der Waals surface area contributed by atoms with Crippen molar-refractivity contribution in [2.24, 2.45) is 0 Å². The number of nitrogens with zero attached hydrogens (tertiary/aromatic N) is 1. The summed E-state index contributed by atoms with van der Waals surface area (Å²) < 4.78 is 14.7. The van der Waals surface area contributed by atoms with Crippen LogP contribution in [0.4, 0.5) is 4.39 Å². The molecule has 0 bridgehead atoms. The third-order valence-electron chi connectivity index (χ3n) is 3.83. The average molecular weight is 260 g/mol. The number of hydrogen-bond donors (Lipinski definition) is 1. The summed E-state index contributed by atoms with van der Waals surface area (Å²) in [6.45, 7) is 1.82. The number of fused-ring (bicyclic) bond motifs is 1. The molecular weight excluding hydrogens is 243 g/mol. The number of aromatic amines is 1. The largest absolute Gasteiger partial charge is 0.295 e. The van der Waals surface area contributed by atoms with Crippen molar-refractivity contribution in [1.82, 2.24) is 9.78 Å². The van der Waals surface area contributed by atoms with Gasteiger partial charge in [-0.25, -0.2) is 9.07 Å². The SMILES string of the molecule is Cc1cc(F)ccc1-n1[nH]c2c(c1=O)CCCCC2. The van der Waals surface area contributed by atoms with Gasteiger partial charge in [0.1, 0.15) is 5.82 Å². The van der Waals surface area contributed by atoms with Crippen LogP contribution in [0.15, 0.2) is 23.0 Å². The maximum atomic E-state index is 13.1. The van der Waals surface area contributed by atoms with E-state index >= 15 is 0 Å². The van der Waals surface area contributed by atoms with E-state index in [-0.39, 0.29) is 11.4 Å². The molecule has 1 aliphatic carbocycles. The van der Waals surface area contributed by atoms with Gasteiger partial charge in [-0.15, -0.1) is 0 Å². The van der Waals surface area contributed by atoms with Crippen molar-refractivity contribution in [3.63, 3.8) is 0 Å². The van der Waals surface area contributed by atoms with Crippen LogP contribution in [0.1, 0.15) is 36.1 Å². The first-order valence-corrected chi connectivity index (χ1v) is 6.76. The number of benzene rings is 1. The van der Waals surface area contributed by atoms with Crippen molar-refractivity contribution in [3.8, 4) is 5.69 Å². The molecule has 19 heavy (non-hydrogen) atoms. The zero-order chi connectivity index (χ0) is 13.4. The fraction of sp³-hybridized carbons (Fsp3) is 0.400. The Hall–Kier alpha value is -1.84. The second kappa shape index (κ2) is 4.68. The highest BCUT2D eigenvalue weighted by molar-refractivity contribution is 5.41. The minimum absolute atomic E-state index is 0.0200. The van der Waals surface area contributed by atoms with Crippen LogP contribution in [-0.2, 0) is 12.8 Å². The molecule has 0 spiro atoms. The van der Waals surface area contributed by atoms with Crippen LogP contribution < -0.4 is 5.56 Å². The van der Waals surface area contributed by atoms with Gasteiger partial charge in [-0.1, -0.05) is 6.42 Å². The molecule has 0 fully saturated rings. The second-order valence-corrected chi connectivity index (χ2v) is 5.20. The predicted octanol–water partition coefficient (Wildman–Crippen LogP) is 2.88. The van der Waals surface area contributed by atoms with Gasteiger partial charge in [-0.05, 0) is 56.4 Å². The van der Waals surface area contributed by atoms with Gasteiger partial charge in [0.05, 0.1) is 5.69 Å². The Kier molecular flexibility index (Phi) is 3.01. The zero-order valence-corrected chi connectivity index (χ0v) is 11.0. The monoisotopic (exact) mass is 260 g/mol. The Bertz CT molecular complexity index is 669. The van der Waals surface area contributed by atoms with Crippen LogP contribution in [0.3, 0.4) is 0 Å². The number of H-pyrrole nitrogens is 1. The van der Waals surface area contributed by atoms with Crippen molar-refractivity contribution in [3.05, 3.63) is 51.2 Å². The third kappa shape index (κ3) is 2.11. The minimum Gasteiger partial charge on any atom is -0.295 e. The summed E-state index contributed by atoms with van der Waals surface area (Å²) in [7, 11) is 0. The van der Waals surface area contributed by atoms with Crippen molar-refractivity contribution < 1.29 is 4.39 Å². The fourth-order valence-electron chi connectivity index (χ4n) is 2.80. The third-order valence-corrected chi connectivity index (χ3v) is 3.83. The molecule has 2 aromatic rings. The van der Waals surface area contributed by atoms with E-state index in [1.807, 2.05) is 6.92 Å². The maximum Gasteiger partial charge on any atom is 0.274 e. The number of nitrogens with one attached hydrogen (secondary N) is 1. The zero-order valence-electron chi connectivity index (χ0n) is 11.0. The van der Waals surface area contributed by atoms with E-state index < -0.39 is 0 Å². The topological polar surface area (TPSA) is 37.8 Å². The molecule has 1 aromatic carbocycles. The lowest BCUT2D eigenvalue weighted by Crippen LogP contribution is -2.18. The highest BCUT2D eigenvalue weighted by Crippen LogP contribution is 2.19. The van der Waals surface area contributed by atoms with E-state index in [2.05, 4.69) is 5.10 Å². The number of halogens is 1. The minimum atomic E-state index is -0.276. The predicted molar refractivity (Wildman–Crippen MR) is 72.3 cm³/mol. The summed E-state index contributed by atoms with van der Waals surface area (Å²) in [4.78, 5) is 12.4. The van der Waals surface area contributed by atoms with E-state index in [0.29, 0.717) is 0 Å². The Morgan fingerprint density at radius 3 is 2.79 bits per heavy atom. The molecule has 1 aromatic heterocycles. The van der Waals surface area contributed by atoms with Gasteiger partial charge in [0.2, 0.25) is 0 Å². The van der Waals surface area contributed by atoms with E-state index in [0.717, 1.165) is 48.2 Å². The van der Waals surface area contributed by atoms with E-state index in [1.165, 1.54) is 18.6 Å². The molecule has 0 amide bonds. The molecular formula is C15H17FN2O. The molecule has 0 aliphatic heterocycles. The van der Waals surface area contributed by atoms with Gasteiger partial charge in [0.15, 0.2) is 0 Å². The van der Waals surface area contributed by atoms with Gasteiger partial charge >= 0.3 is 0 Å². The van der Waals surface area contributed by atoms with Gasteiger partial charge in [0.25, 0.3) is 5.56 Å².